The number of para-hydroxylation sites is 1. The number of halogens is 2. The number of rotatable bonds is 4. The Morgan fingerprint density at radius 2 is 1.62 bits per heavy atom. The molecule has 0 unspecified atom stereocenters. The van der Waals surface area contributed by atoms with E-state index in [0.29, 0.717) is 22.2 Å². The first-order valence-electron chi connectivity index (χ1n) is 8.65. The topological polar surface area (TPSA) is 56.3 Å². The zero-order valence-electron chi connectivity index (χ0n) is 15.3. The Kier molecular flexibility index (Phi) is 4.76. The van der Waals surface area contributed by atoms with Gasteiger partial charge < -0.3 is 4.74 Å². The first-order valence-corrected chi connectivity index (χ1v) is 10.1. The lowest BCUT2D eigenvalue weighted by Crippen LogP contribution is -2.09. The quantitative estimate of drug-likeness (QED) is 0.443. The predicted octanol–water partition coefficient (Wildman–Crippen LogP) is 5.02. The SMILES string of the molecule is COc1ccc(-c2c(S(=O)(=O)c3cccc(F)c3)c(F)nc3ccccc23)cc1. The van der Waals surface area contributed by atoms with Crippen molar-refractivity contribution >= 4 is 20.7 Å². The van der Waals surface area contributed by atoms with Crippen LogP contribution in [-0.2, 0) is 9.84 Å². The molecule has 146 valence electrons. The molecule has 0 amide bonds. The van der Waals surface area contributed by atoms with Crippen LogP contribution in [0.2, 0.25) is 0 Å². The molecule has 4 nitrogen and oxygen atoms in total. The van der Waals surface area contributed by atoms with E-state index in [1.165, 1.54) is 19.2 Å². The minimum absolute atomic E-state index is 0.167. The van der Waals surface area contributed by atoms with Gasteiger partial charge in [-0.15, -0.1) is 0 Å². The Labute approximate surface area is 166 Å². The van der Waals surface area contributed by atoms with Crippen LogP contribution in [0.3, 0.4) is 0 Å². The maximum Gasteiger partial charge on any atom is 0.233 e. The predicted molar refractivity (Wildman–Crippen MR) is 106 cm³/mol. The van der Waals surface area contributed by atoms with Gasteiger partial charge in [0, 0.05) is 10.9 Å². The lowest BCUT2D eigenvalue weighted by atomic mass is 10.0. The fraction of sp³-hybridized carbons (Fsp3) is 0.0455. The van der Waals surface area contributed by atoms with Gasteiger partial charge in [-0.05, 0) is 42.0 Å². The third-order valence-corrected chi connectivity index (χ3v) is 6.34. The van der Waals surface area contributed by atoms with Crippen LogP contribution in [0.5, 0.6) is 5.75 Å². The van der Waals surface area contributed by atoms with Crippen LogP contribution < -0.4 is 4.74 Å². The second kappa shape index (κ2) is 7.25. The molecule has 0 fully saturated rings. The molecule has 1 heterocycles. The van der Waals surface area contributed by atoms with Gasteiger partial charge in [-0.2, -0.15) is 4.39 Å². The molecule has 3 aromatic carbocycles. The maximum atomic E-state index is 15.1. The number of ether oxygens (including phenoxy) is 1. The zero-order valence-corrected chi connectivity index (χ0v) is 16.1. The fourth-order valence-electron chi connectivity index (χ4n) is 3.21. The van der Waals surface area contributed by atoms with Gasteiger partial charge in [0.1, 0.15) is 16.5 Å². The van der Waals surface area contributed by atoms with E-state index < -0.39 is 26.5 Å². The Bertz CT molecular complexity index is 1320. The summed E-state index contributed by atoms with van der Waals surface area (Å²) < 4.78 is 60.5. The van der Waals surface area contributed by atoms with E-state index in [1.807, 2.05) is 0 Å². The summed E-state index contributed by atoms with van der Waals surface area (Å²) in [6.07, 6.45) is 0. The number of fused-ring (bicyclic) bond motifs is 1. The smallest absolute Gasteiger partial charge is 0.233 e. The van der Waals surface area contributed by atoms with Crippen molar-refractivity contribution in [2.75, 3.05) is 7.11 Å². The molecule has 0 radical (unpaired) electrons. The number of benzene rings is 3. The van der Waals surface area contributed by atoms with E-state index in [4.69, 9.17) is 4.74 Å². The molecular formula is C22H15F2NO3S. The molecule has 4 rings (SSSR count). The van der Waals surface area contributed by atoms with E-state index in [0.717, 1.165) is 12.1 Å². The Morgan fingerprint density at radius 1 is 0.897 bits per heavy atom. The average Bonchev–Trinajstić information content (AvgIpc) is 2.72. The van der Waals surface area contributed by atoms with Crippen molar-refractivity contribution in [3.63, 3.8) is 0 Å². The van der Waals surface area contributed by atoms with E-state index >= 15 is 4.39 Å². The van der Waals surface area contributed by atoms with Gasteiger partial charge in [0.15, 0.2) is 0 Å². The maximum absolute atomic E-state index is 15.1. The standard InChI is InChI=1S/C22H15F2NO3S/c1-28-16-11-9-14(10-12-16)20-18-7-2-3-8-19(18)25-22(24)21(20)29(26,27)17-6-4-5-15(23)13-17/h2-13H,1H3. The van der Waals surface area contributed by atoms with Crippen LogP contribution in [0.15, 0.2) is 82.6 Å². The van der Waals surface area contributed by atoms with Gasteiger partial charge in [0.2, 0.25) is 15.8 Å². The van der Waals surface area contributed by atoms with Gasteiger partial charge >= 0.3 is 0 Å². The monoisotopic (exact) mass is 411 g/mol. The first kappa shape index (κ1) is 19.0. The van der Waals surface area contributed by atoms with E-state index in [9.17, 15) is 12.8 Å². The summed E-state index contributed by atoms with van der Waals surface area (Å²) in [5, 5.41) is 0.467. The number of aromatic nitrogens is 1. The molecule has 29 heavy (non-hydrogen) atoms. The summed E-state index contributed by atoms with van der Waals surface area (Å²) in [6, 6.07) is 17.8. The summed E-state index contributed by atoms with van der Waals surface area (Å²) in [7, 11) is -2.88. The van der Waals surface area contributed by atoms with Crippen LogP contribution >= 0.6 is 0 Å². The van der Waals surface area contributed by atoms with E-state index in [1.54, 1.807) is 48.5 Å². The van der Waals surface area contributed by atoms with Crippen molar-refractivity contribution in [2.24, 2.45) is 0 Å². The van der Waals surface area contributed by atoms with Crippen LogP contribution in [0, 0.1) is 11.8 Å². The summed E-state index contributed by atoms with van der Waals surface area (Å²) in [6.45, 7) is 0. The molecule has 0 aliphatic rings. The average molecular weight is 411 g/mol. The van der Waals surface area contributed by atoms with Gasteiger partial charge in [0.25, 0.3) is 0 Å². The first-order chi connectivity index (χ1) is 13.9. The lowest BCUT2D eigenvalue weighted by molar-refractivity contribution is 0.415. The highest BCUT2D eigenvalue weighted by atomic mass is 32.2. The second-order valence-corrected chi connectivity index (χ2v) is 8.20. The lowest BCUT2D eigenvalue weighted by Gasteiger charge is -2.15. The van der Waals surface area contributed by atoms with Crippen molar-refractivity contribution in [1.82, 2.24) is 4.98 Å². The van der Waals surface area contributed by atoms with E-state index in [-0.39, 0.29) is 10.5 Å². The van der Waals surface area contributed by atoms with Crippen LogP contribution in [0.25, 0.3) is 22.0 Å². The van der Waals surface area contributed by atoms with E-state index in [2.05, 4.69) is 4.98 Å². The molecule has 0 saturated carbocycles. The second-order valence-electron chi connectivity index (χ2n) is 6.31. The van der Waals surface area contributed by atoms with Crippen molar-refractivity contribution in [3.05, 3.63) is 84.6 Å². The zero-order chi connectivity index (χ0) is 20.6. The highest BCUT2D eigenvalue weighted by Crippen LogP contribution is 2.38. The molecular weight excluding hydrogens is 396 g/mol. The number of hydrogen-bond donors (Lipinski definition) is 0. The molecule has 0 saturated heterocycles. The molecule has 0 aliphatic heterocycles. The third kappa shape index (κ3) is 3.34. The molecule has 7 heteroatoms. The van der Waals surface area contributed by atoms with Crippen molar-refractivity contribution in [1.29, 1.82) is 0 Å². The van der Waals surface area contributed by atoms with Gasteiger partial charge in [-0.25, -0.2) is 17.8 Å². The largest absolute Gasteiger partial charge is 0.497 e. The molecule has 0 spiro atoms. The van der Waals surface area contributed by atoms with Crippen molar-refractivity contribution in [3.8, 4) is 16.9 Å². The van der Waals surface area contributed by atoms with Crippen LogP contribution in [-0.4, -0.2) is 20.5 Å². The number of hydrogen-bond acceptors (Lipinski definition) is 4. The minimum atomic E-state index is -4.39. The molecule has 0 atom stereocenters. The molecule has 4 aromatic rings. The Hall–Kier alpha value is -3.32. The third-order valence-electron chi connectivity index (χ3n) is 4.56. The molecule has 1 aromatic heterocycles. The highest BCUT2D eigenvalue weighted by Gasteiger charge is 2.29. The minimum Gasteiger partial charge on any atom is -0.497 e. The number of methoxy groups -OCH3 is 1. The van der Waals surface area contributed by atoms with Crippen molar-refractivity contribution < 1.29 is 21.9 Å². The normalized spacial score (nSPS) is 11.6. The number of nitrogens with zero attached hydrogens (tertiary/aromatic N) is 1. The Balaban J connectivity index is 2.09. The van der Waals surface area contributed by atoms with Gasteiger partial charge in [-0.1, -0.05) is 36.4 Å². The fourth-order valence-corrected chi connectivity index (χ4v) is 4.73. The van der Waals surface area contributed by atoms with Crippen molar-refractivity contribution in [2.45, 2.75) is 9.79 Å². The van der Waals surface area contributed by atoms with Gasteiger partial charge in [-0.3, -0.25) is 0 Å². The molecule has 0 bridgehead atoms. The molecule has 0 N–H and O–H groups in total. The van der Waals surface area contributed by atoms with Gasteiger partial charge in [0.05, 0.1) is 17.5 Å². The van der Waals surface area contributed by atoms with Crippen LogP contribution in [0.4, 0.5) is 8.78 Å². The van der Waals surface area contributed by atoms with Crippen LogP contribution in [0.1, 0.15) is 0 Å². The highest BCUT2D eigenvalue weighted by molar-refractivity contribution is 7.91. The summed E-state index contributed by atoms with van der Waals surface area (Å²) >= 11 is 0. The summed E-state index contributed by atoms with van der Waals surface area (Å²) in [4.78, 5) is 2.91. The summed E-state index contributed by atoms with van der Waals surface area (Å²) in [5.74, 6) is -1.30. The Morgan fingerprint density at radius 3 is 2.31 bits per heavy atom. The summed E-state index contributed by atoms with van der Waals surface area (Å²) in [5.41, 5.74) is 0.951. The number of sulfone groups is 1. The number of pyridine rings is 1. The molecule has 0 aliphatic carbocycles.